The molecular weight excluding hydrogens is 398 g/mol. The summed E-state index contributed by atoms with van der Waals surface area (Å²) in [6.07, 6.45) is 2.80. The molecule has 4 nitrogen and oxygen atoms in total. The summed E-state index contributed by atoms with van der Waals surface area (Å²) in [5, 5.41) is 0. The summed E-state index contributed by atoms with van der Waals surface area (Å²) in [6, 6.07) is 14.9. The number of esters is 1. The third kappa shape index (κ3) is 3.48. The molecule has 0 spiro atoms. The standard InChI is InChI=1S/C28H29NO3/c1-5-31-28(30)27-22-12-20-13-24(29-14-23(20)26(22)27)32-15-19-10-7-11-21(18(19)4)25-16(2)8-6-9-17(25)3/h6-11,13-14,22,26-27H,5,12,15H2,1-4H3/t22-,26-,27+/m1/s1. The van der Waals surface area contributed by atoms with Gasteiger partial charge in [-0.2, -0.15) is 0 Å². The zero-order chi connectivity index (χ0) is 22.4. The Labute approximate surface area is 189 Å². The van der Waals surface area contributed by atoms with Crippen molar-refractivity contribution in [1.82, 2.24) is 4.98 Å². The van der Waals surface area contributed by atoms with Crippen molar-refractivity contribution in [2.45, 2.75) is 46.6 Å². The van der Waals surface area contributed by atoms with Crippen molar-refractivity contribution >= 4 is 5.97 Å². The van der Waals surface area contributed by atoms with E-state index in [1.54, 1.807) is 0 Å². The highest BCUT2D eigenvalue weighted by Crippen LogP contribution is 2.61. The zero-order valence-corrected chi connectivity index (χ0v) is 19.1. The predicted molar refractivity (Wildman–Crippen MR) is 125 cm³/mol. The van der Waals surface area contributed by atoms with E-state index < -0.39 is 0 Å². The molecule has 32 heavy (non-hydrogen) atoms. The van der Waals surface area contributed by atoms with E-state index in [2.05, 4.69) is 62.2 Å². The lowest BCUT2D eigenvalue weighted by Crippen LogP contribution is -2.11. The SMILES string of the molecule is CCOC(=O)[C@H]1[C@@H]2Cc3cc(OCc4cccc(-c5c(C)cccc5C)c4C)ncc3[C@@H]21. The fourth-order valence-electron chi connectivity index (χ4n) is 5.41. The zero-order valence-electron chi connectivity index (χ0n) is 19.1. The Bertz CT molecular complexity index is 1180. The smallest absolute Gasteiger partial charge is 0.309 e. The van der Waals surface area contributed by atoms with Gasteiger partial charge in [0, 0.05) is 18.2 Å². The molecule has 3 atom stereocenters. The number of rotatable bonds is 6. The number of hydrogen-bond acceptors (Lipinski definition) is 4. The Hall–Kier alpha value is -3.14. The van der Waals surface area contributed by atoms with Gasteiger partial charge in [-0.1, -0.05) is 36.4 Å². The van der Waals surface area contributed by atoms with Gasteiger partial charge in [0.25, 0.3) is 0 Å². The van der Waals surface area contributed by atoms with E-state index in [4.69, 9.17) is 9.47 Å². The Morgan fingerprint density at radius 2 is 1.84 bits per heavy atom. The summed E-state index contributed by atoms with van der Waals surface area (Å²) in [7, 11) is 0. The molecule has 2 aliphatic carbocycles. The van der Waals surface area contributed by atoms with Crippen LogP contribution in [0.15, 0.2) is 48.7 Å². The van der Waals surface area contributed by atoms with Gasteiger partial charge in [0.1, 0.15) is 6.61 Å². The molecule has 1 aromatic heterocycles. The fraction of sp³-hybridized carbons (Fsp3) is 0.357. The van der Waals surface area contributed by atoms with Crippen molar-refractivity contribution in [2.75, 3.05) is 6.61 Å². The number of pyridine rings is 1. The number of aryl methyl sites for hydroxylation is 2. The predicted octanol–water partition coefficient (Wildman–Crippen LogP) is 5.70. The van der Waals surface area contributed by atoms with Crippen LogP contribution < -0.4 is 4.74 Å². The molecule has 1 fully saturated rings. The molecule has 1 saturated carbocycles. The first-order valence-corrected chi connectivity index (χ1v) is 11.4. The van der Waals surface area contributed by atoms with Crippen molar-refractivity contribution in [3.05, 3.63) is 82.0 Å². The van der Waals surface area contributed by atoms with Gasteiger partial charge in [-0.05, 0) is 84.5 Å². The van der Waals surface area contributed by atoms with Gasteiger partial charge in [0.15, 0.2) is 0 Å². The normalized spacial score (nSPS) is 20.4. The van der Waals surface area contributed by atoms with Gasteiger partial charge < -0.3 is 9.47 Å². The van der Waals surface area contributed by atoms with E-state index in [-0.39, 0.29) is 17.8 Å². The van der Waals surface area contributed by atoms with Crippen molar-refractivity contribution < 1.29 is 14.3 Å². The fourth-order valence-corrected chi connectivity index (χ4v) is 5.41. The minimum atomic E-state index is -0.0623. The molecule has 0 aliphatic heterocycles. The summed E-state index contributed by atoms with van der Waals surface area (Å²) in [5.41, 5.74) is 9.98. The van der Waals surface area contributed by atoms with Gasteiger partial charge in [0.05, 0.1) is 12.5 Å². The van der Waals surface area contributed by atoms with Crippen LogP contribution in [-0.2, 0) is 22.6 Å². The summed E-state index contributed by atoms with van der Waals surface area (Å²) in [6.45, 7) is 9.27. The van der Waals surface area contributed by atoms with Crippen LogP contribution in [0, 0.1) is 32.6 Å². The Morgan fingerprint density at radius 3 is 2.59 bits per heavy atom. The minimum Gasteiger partial charge on any atom is -0.473 e. The van der Waals surface area contributed by atoms with Crippen LogP contribution in [0.5, 0.6) is 5.88 Å². The molecule has 0 unspecified atom stereocenters. The quantitative estimate of drug-likeness (QED) is 0.473. The van der Waals surface area contributed by atoms with E-state index in [0.717, 1.165) is 12.0 Å². The van der Waals surface area contributed by atoms with E-state index >= 15 is 0 Å². The highest BCUT2D eigenvalue weighted by molar-refractivity contribution is 5.79. The summed E-state index contributed by atoms with van der Waals surface area (Å²) in [4.78, 5) is 16.6. The van der Waals surface area contributed by atoms with E-state index in [1.807, 2.05) is 19.2 Å². The van der Waals surface area contributed by atoms with Crippen LogP contribution in [0.3, 0.4) is 0 Å². The van der Waals surface area contributed by atoms with Gasteiger partial charge >= 0.3 is 5.97 Å². The molecule has 4 heteroatoms. The maximum absolute atomic E-state index is 12.1. The number of ether oxygens (including phenoxy) is 2. The number of nitrogens with zero attached hydrogens (tertiary/aromatic N) is 1. The third-order valence-electron chi connectivity index (χ3n) is 7.11. The second-order valence-corrected chi connectivity index (χ2v) is 9.04. The lowest BCUT2D eigenvalue weighted by atomic mass is 9.91. The molecule has 0 bridgehead atoms. The number of carbonyl (C=O) groups excluding carboxylic acids is 1. The lowest BCUT2D eigenvalue weighted by molar-refractivity contribution is -0.145. The first-order valence-electron chi connectivity index (χ1n) is 11.4. The maximum Gasteiger partial charge on any atom is 0.309 e. The van der Waals surface area contributed by atoms with Gasteiger partial charge in [-0.15, -0.1) is 0 Å². The summed E-state index contributed by atoms with van der Waals surface area (Å²) < 4.78 is 11.3. The van der Waals surface area contributed by atoms with Crippen molar-refractivity contribution in [3.8, 4) is 17.0 Å². The molecule has 0 N–H and O–H groups in total. The molecule has 2 aliphatic rings. The molecule has 164 valence electrons. The molecule has 0 saturated heterocycles. The van der Waals surface area contributed by atoms with Crippen LogP contribution in [0.25, 0.3) is 11.1 Å². The van der Waals surface area contributed by atoms with Crippen LogP contribution >= 0.6 is 0 Å². The largest absolute Gasteiger partial charge is 0.473 e. The first kappa shape index (κ1) is 20.7. The lowest BCUT2D eigenvalue weighted by Gasteiger charge is -2.16. The van der Waals surface area contributed by atoms with Gasteiger partial charge in [0.2, 0.25) is 5.88 Å². The molecular formula is C28H29NO3. The topological polar surface area (TPSA) is 48.4 Å². The average molecular weight is 428 g/mol. The van der Waals surface area contributed by atoms with Crippen LogP contribution in [-0.4, -0.2) is 17.6 Å². The number of hydrogen-bond donors (Lipinski definition) is 0. The highest BCUT2D eigenvalue weighted by Gasteiger charge is 2.60. The molecule has 0 amide bonds. The second kappa shape index (κ2) is 8.09. The minimum absolute atomic E-state index is 0.0197. The second-order valence-electron chi connectivity index (χ2n) is 9.04. The number of fused-ring (bicyclic) bond motifs is 3. The van der Waals surface area contributed by atoms with E-state index in [0.29, 0.717) is 25.0 Å². The number of benzene rings is 2. The summed E-state index contributed by atoms with van der Waals surface area (Å²) >= 11 is 0. The molecule has 0 radical (unpaired) electrons. The van der Waals surface area contributed by atoms with Gasteiger partial charge in [-0.3, -0.25) is 4.79 Å². The van der Waals surface area contributed by atoms with E-state index in [9.17, 15) is 4.79 Å². The van der Waals surface area contributed by atoms with Crippen LogP contribution in [0.4, 0.5) is 0 Å². The summed E-state index contributed by atoms with van der Waals surface area (Å²) in [5.74, 6) is 1.26. The number of carbonyl (C=O) groups is 1. The maximum atomic E-state index is 12.1. The Kier molecular flexibility index (Phi) is 5.24. The first-order chi connectivity index (χ1) is 15.5. The molecule has 1 heterocycles. The van der Waals surface area contributed by atoms with Crippen molar-refractivity contribution in [2.24, 2.45) is 11.8 Å². The highest BCUT2D eigenvalue weighted by atomic mass is 16.5. The van der Waals surface area contributed by atoms with Crippen molar-refractivity contribution in [1.29, 1.82) is 0 Å². The average Bonchev–Trinajstić information content (AvgIpc) is 3.36. The molecule has 3 aromatic rings. The third-order valence-corrected chi connectivity index (χ3v) is 7.11. The van der Waals surface area contributed by atoms with Gasteiger partial charge in [-0.25, -0.2) is 4.98 Å². The van der Waals surface area contributed by atoms with Crippen LogP contribution in [0.2, 0.25) is 0 Å². The molecule has 2 aromatic carbocycles. The van der Waals surface area contributed by atoms with E-state index in [1.165, 1.54) is 38.9 Å². The molecule has 5 rings (SSSR count). The number of aromatic nitrogens is 1. The monoisotopic (exact) mass is 427 g/mol. The van der Waals surface area contributed by atoms with Crippen molar-refractivity contribution in [3.63, 3.8) is 0 Å². The van der Waals surface area contributed by atoms with Crippen LogP contribution in [0.1, 0.15) is 46.2 Å². The Balaban J connectivity index is 1.31. The Morgan fingerprint density at radius 1 is 1.09 bits per heavy atom.